The van der Waals surface area contributed by atoms with Gasteiger partial charge in [0.25, 0.3) is 0 Å². The van der Waals surface area contributed by atoms with Gasteiger partial charge in [0, 0.05) is 55.5 Å². The minimum Gasteiger partial charge on any atom is -0.356 e. The van der Waals surface area contributed by atoms with Crippen molar-refractivity contribution in [2.45, 2.75) is 45.6 Å². The number of anilines is 4. The van der Waals surface area contributed by atoms with Crippen LogP contribution in [0.1, 0.15) is 43.3 Å². The van der Waals surface area contributed by atoms with Gasteiger partial charge in [-0.2, -0.15) is 5.10 Å². The van der Waals surface area contributed by atoms with Gasteiger partial charge in [-0.1, -0.05) is 19.1 Å². The van der Waals surface area contributed by atoms with Crippen LogP contribution in [0.25, 0.3) is 0 Å². The smallest absolute Gasteiger partial charge is 0.224 e. The molecule has 0 radical (unpaired) electrons. The highest BCUT2D eigenvalue weighted by Crippen LogP contribution is 2.23. The van der Waals surface area contributed by atoms with Crippen molar-refractivity contribution in [2.24, 2.45) is 5.73 Å². The van der Waals surface area contributed by atoms with Crippen molar-refractivity contribution in [1.29, 1.82) is 0 Å². The van der Waals surface area contributed by atoms with Crippen LogP contribution in [-0.2, 0) is 11.2 Å². The molecule has 0 aliphatic carbocycles. The lowest BCUT2D eigenvalue weighted by Crippen LogP contribution is -2.40. The van der Waals surface area contributed by atoms with Crippen molar-refractivity contribution in [1.82, 2.24) is 20.2 Å². The van der Waals surface area contributed by atoms with Gasteiger partial charge in [0.05, 0.1) is 0 Å². The van der Waals surface area contributed by atoms with Crippen molar-refractivity contribution >= 4 is 29.0 Å². The third-order valence-electron chi connectivity index (χ3n) is 5.51. The molecular weight excluding hydrogens is 404 g/mol. The summed E-state index contributed by atoms with van der Waals surface area (Å²) in [5.41, 5.74) is 8.91. The summed E-state index contributed by atoms with van der Waals surface area (Å²) in [4.78, 5) is 23.4. The lowest BCUT2D eigenvalue weighted by atomic mass is 10.1. The monoisotopic (exact) mass is 434 g/mol. The Morgan fingerprint density at radius 1 is 1.16 bits per heavy atom. The number of nitrogens with two attached hydrogens (primary N) is 1. The summed E-state index contributed by atoms with van der Waals surface area (Å²) in [5.74, 6) is 3.04. The van der Waals surface area contributed by atoms with Crippen LogP contribution in [0.5, 0.6) is 0 Å². The molecule has 0 atom stereocenters. The molecule has 1 aromatic carbocycles. The standard InChI is InChI=1S/C23H30N8O/c1-3-23(32)25-18-6-4-16(5-7-18)13-19-26-20(27-21-12-15(2)29-30-21)14-22(28-19)31-10-8-17(24)9-11-31/h4-7,12,14,17H,3,8-11,13,24H2,1-2H3,(H,25,32)(H2,26,27,28,29,30). The molecule has 32 heavy (non-hydrogen) atoms. The Hall–Kier alpha value is -3.46. The van der Waals surface area contributed by atoms with Crippen LogP contribution in [0, 0.1) is 6.92 Å². The summed E-state index contributed by atoms with van der Waals surface area (Å²) in [6.45, 7) is 5.55. The number of aryl methyl sites for hydroxylation is 1. The van der Waals surface area contributed by atoms with Gasteiger partial charge in [-0.25, -0.2) is 9.97 Å². The molecule has 0 spiro atoms. The van der Waals surface area contributed by atoms with Gasteiger partial charge in [-0.15, -0.1) is 0 Å². The Labute approximate surface area is 187 Å². The molecule has 9 heteroatoms. The first kappa shape index (κ1) is 21.8. The number of amides is 1. The molecule has 0 unspecified atom stereocenters. The number of nitrogens with zero attached hydrogens (tertiary/aromatic N) is 4. The topological polar surface area (TPSA) is 125 Å². The number of aromatic amines is 1. The number of benzene rings is 1. The van der Waals surface area contributed by atoms with Crippen molar-refractivity contribution in [2.75, 3.05) is 28.6 Å². The van der Waals surface area contributed by atoms with Gasteiger partial charge in [0.15, 0.2) is 5.82 Å². The number of piperidine rings is 1. The average Bonchev–Trinajstić information content (AvgIpc) is 3.19. The maximum Gasteiger partial charge on any atom is 0.224 e. The Morgan fingerprint density at radius 2 is 1.91 bits per heavy atom. The Kier molecular flexibility index (Phi) is 6.65. The number of nitrogens with one attached hydrogen (secondary N) is 3. The lowest BCUT2D eigenvalue weighted by Gasteiger charge is -2.31. The van der Waals surface area contributed by atoms with Gasteiger partial charge in [0.1, 0.15) is 17.5 Å². The van der Waals surface area contributed by atoms with Crippen molar-refractivity contribution in [3.63, 3.8) is 0 Å². The molecule has 3 heterocycles. The fraction of sp³-hybridized carbons (Fsp3) is 0.391. The summed E-state index contributed by atoms with van der Waals surface area (Å²) in [5, 5.41) is 13.3. The number of H-pyrrole nitrogens is 1. The molecule has 9 nitrogen and oxygen atoms in total. The largest absolute Gasteiger partial charge is 0.356 e. The zero-order valence-corrected chi connectivity index (χ0v) is 18.6. The van der Waals surface area contributed by atoms with Crippen molar-refractivity contribution in [3.8, 4) is 0 Å². The second kappa shape index (κ2) is 9.78. The second-order valence-corrected chi connectivity index (χ2v) is 8.19. The third-order valence-corrected chi connectivity index (χ3v) is 5.51. The quantitative estimate of drug-likeness (QED) is 0.450. The molecule has 0 bridgehead atoms. The Morgan fingerprint density at radius 3 is 2.56 bits per heavy atom. The van der Waals surface area contributed by atoms with E-state index in [1.807, 2.05) is 50.2 Å². The molecule has 3 aromatic rings. The van der Waals surface area contributed by atoms with Gasteiger partial charge >= 0.3 is 0 Å². The number of rotatable bonds is 7. The molecule has 1 amide bonds. The summed E-state index contributed by atoms with van der Waals surface area (Å²) >= 11 is 0. The SMILES string of the molecule is CCC(=O)Nc1ccc(Cc2nc(Nc3cc(C)[nH]n3)cc(N3CCC(N)CC3)n2)cc1. The summed E-state index contributed by atoms with van der Waals surface area (Å²) in [6.07, 6.45) is 2.93. The maximum absolute atomic E-state index is 11.6. The molecule has 168 valence electrons. The van der Waals surface area contributed by atoms with Crippen LogP contribution in [0.3, 0.4) is 0 Å². The highest BCUT2D eigenvalue weighted by atomic mass is 16.1. The van der Waals surface area contributed by atoms with E-state index in [0.29, 0.717) is 18.7 Å². The lowest BCUT2D eigenvalue weighted by molar-refractivity contribution is -0.115. The molecule has 1 aliphatic rings. The number of hydrogen-bond acceptors (Lipinski definition) is 7. The van der Waals surface area contributed by atoms with Gasteiger partial charge in [-0.05, 0) is 37.5 Å². The van der Waals surface area contributed by atoms with E-state index in [9.17, 15) is 4.79 Å². The molecule has 0 saturated carbocycles. The van der Waals surface area contributed by atoms with E-state index in [2.05, 4.69) is 25.7 Å². The van der Waals surface area contributed by atoms with E-state index in [1.165, 1.54) is 0 Å². The molecule has 4 rings (SSSR count). The van der Waals surface area contributed by atoms with E-state index in [1.54, 1.807) is 0 Å². The summed E-state index contributed by atoms with van der Waals surface area (Å²) in [7, 11) is 0. The third kappa shape index (κ3) is 5.61. The Bertz CT molecular complexity index is 1050. The first-order valence-corrected chi connectivity index (χ1v) is 11.0. The maximum atomic E-state index is 11.6. The second-order valence-electron chi connectivity index (χ2n) is 8.19. The van der Waals surface area contributed by atoms with Crippen LogP contribution >= 0.6 is 0 Å². The van der Waals surface area contributed by atoms with Crippen LogP contribution < -0.4 is 21.3 Å². The van der Waals surface area contributed by atoms with Crippen molar-refractivity contribution in [3.05, 3.63) is 53.5 Å². The zero-order chi connectivity index (χ0) is 22.5. The van der Waals surface area contributed by atoms with E-state index in [0.717, 1.165) is 60.3 Å². The van der Waals surface area contributed by atoms with Gasteiger partial charge < -0.3 is 21.3 Å². The fourth-order valence-electron chi connectivity index (χ4n) is 3.67. The van der Waals surface area contributed by atoms with Crippen LogP contribution in [0.2, 0.25) is 0 Å². The van der Waals surface area contributed by atoms with Crippen LogP contribution in [0.15, 0.2) is 36.4 Å². The first-order valence-electron chi connectivity index (χ1n) is 11.0. The zero-order valence-electron chi connectivity index (χ0n) is 18.6. The molecule has 5 N–H and O–H groups in total. The number of hydrogen-bond donors (Lipinski definition) is 4. The van der Waals surface area contributed by atoms with Gasteiger partial charge in [0.2, 0.25) is 5.91 Å². The number of aromatic nitrogens is 4. The number of carbonyl (C=O) groups excluding carboxylic acids is 1. The first-order chi connectivity index (χ1) is 15.5. The number of carbonyl (C=O) groups is 1. The molecule has 1 fully saturated rings. The summed E-state index contributed by atoms with van der Waals surface area (Å²) < 4.78 is 0. The van der Waals surface area contributed by atoms with Crippen LogP contribution in [0.4, 0.5) is 23.1 Å². The fourth-order valence-corrected chi connectivity index (χ4v) is 3.67. The van der Waals surface area contributed by atoms with Crippen molar-refractivity contribution < 1.29 is 4.79 Å². The Balaban J connectivity index is 1.56. The van der Waals surface area contributed by atoms with Gasteiger partial charge in [-0.3, -0.25) is 9.89 Å². The average molecular weight is 435 g/mol. The minimum atomic E-state index is -0.000598. The van der Waals surface area contributed by atoms with E-state index >= 15 is 0 Å². The molecule has 1 aliphatic heterocycles. The highest BCUT2D eigenvalue weighted by molar-refractivity contribution is 5.90. The van der Waals surface area contributed by atoms with E-state index in [4.69, 9.17) is 15.7 Å². The molecule has 1 saturated heterocycles. The molecular formula is C23H30N8O. The molecule has 2 aromatic heterocycles. The van der Waals surface area contributed by atoms with Crippen LogP contribution in [-0.4, -0.2) is 45.2 Å². The van der Waals surface area contributed by atoms with E-state index in [-0.39, 0.29) is 11.9 Å². The predicted molar refractivity (Wildman–Crippen MR) is 126 cm³/mol. The normalized spacial score (nSPS) is 14.4. The predicted octanol–water partition coefficient (Wildman–Crippen LogP) is 3.12. The van der Waals surface area contributed by atoms with E-state index < -0.39 is 0 Å². The highest BCUT2D eigenvalue weighted by Gasteiger charge is 2.19. The minimum absolute atomic E-state index is 0.000598. The summed E-state index contributed by atoms with van der Waals surface area (Å²) in [6, 6.07) is 12.0.